The maximum absolute atomic E-state index is 13.2. The molecule has 0 aliphatic carbocycles. The number of aryl methyl sites for hydroxylation is 1. The highest BCUT2D eigenvalue weighted by Crippen LogP contribution is 2.21. The normalized spacial score (nSPS) is 10.5. The minimum atomic E-state index is -1.22. The Labute approximate surface area is 89.5 Å². The van der Waals surface area contributed by atoms with Crippen molar-refractivity contribution >= 4 is 11.6 Å². The molecule has 0 atom stereocenters. The standard InChI is InChI=1S/C10H8F3N3/c1-16-3-2-14-10(16)15-9-5-7(12)6(11)4-8(9)13/h2-5H,1H3,(H,14,15). The molecule has 0 spiro atoms. The summed E-state index contributed by atoms with van der Waals surface area (Å²) in [6, 6.07) is 1.24. The maximum Gasteiger partial charge on any atom is 0.207 e. The molecule has 2 aromatic rings. The highest BCUT2D eigenvalue weighted by molar-refractivity contribution is 5.54. The van der Waals surface area contributed by atoms with Crippen LogP contribution in [-0.4, -0.2) is 9.55 Å². The van der Waals surface area contributed by atoms with E-state index >= 15 is 0 Å². The third-order valence-electron chi connectivity index (χ3n) is 2.08. The molecule has 1 heterocycles. The molecule has 0 radical (unpaired) electrons. The minimum absolute atomic E-state index is 0.159. The van der Waals surface area contributed by atoms with Gasteiger partial charge in [-0.05, 0) is 0 Å². The van der Waals surface area contributed by atoms with Crippen LogP contribution in [0.4, 0.5) is 24.8 Å². The van der Waals surface area contributed by atoms with Gasteiger partial charge in [0.15, 0.2) is 11.6 Å². The van der Waals surface area contributed by atoms with Crippen molar-refractivity contribution in [2.45, 2.75) is 0 Å². The molecule has 1 aromatic heterocycles. The summed E-state index contributed by atoms with van der Waals surface area (Å²) < 4.78 is 40.4. The van der Waals surface area contributed by atoms with Crippen molar-refractivity contribution in [3.05, 3.63) is 42.0 Å². The second-order valence-electron chi connectivity index (χ2n) is 3.23. The number of nitrogens with zero attached hydrogens (tertiary/aromatic N) is 2. The number of aromatic nitrogens is 2. The van der Waals surface area contributed by atoms with Crippen LogP contribution in [0.3, 0.4) is 0 Å². The molecule has 16 heavy (non-hydrogen) atoms. The summed E-state index contributed by atoms with van der Waals surface area (Å²) in [7, 11) is 1.69. The lowest BCUT2D eigenvalue weighted by Crippen LogP contribution is -2.02. The quantitative estimate of drug-likeness (QED) is 0.799. The Balaban J connectivity index is 2.35. The van der Waals surface area contributed by atoms with Gasteiger partial charge in [-0.1, -0.05) is 0 Å². The van der Waals surface area contributed by atoms with Crippen LogP contribution in [0.5, 0.6) is 0 Å². The lowest BCUT2D eigenvalue weighted by Gasteiger charge is -2.07. The van der Waals surface area contributed by atoms with Gasteiger partial charge in [0.1, 0.15) is 5.82 Å². The molecule has 3 nitrogen and oxygen atoms in total. The number of rotatable bonds is 2. The lowest BCUT2D eigenvalue weighted by atomic mass is 10.3. The molecule has 0 aliphatic rings. The molecule has 1 aromatic carbocycles. The molecule has 6 heteroatoms. The van der Waals surface area contributed by atoms with Crippen molar-refractivity contribution in [3.8, 4) is 0 Å². The molecule has 84 valence electrons. The van der Waals surface area contributed by atoms with Crippen LogP contribution in [0.1, 0.15) is 0 Å². The topological polar surface area (TPSA) is 29.9 Å². The average molecular weight is 227 g/mol. The van der Waals surface area contributed by atoms with E-state index in [2.05, 4.69) is 10.3 Å². The van der Waals surface area contributed by atoms with E-state index in [4.69, 9.17) is 0 Å². The van der Waals surface area contributed by atoms with Crippen LogP contribution in [0.15, 0.2) is 24.5 Å². The average Bonchev–Trinajstić information content (AvgIpc) is 2.61. The fourth-order valence-corrected chi connectivity index (χ4v) is 1.22. The Morgan fingerprint density at radius 3 is 2.44 bits per heavy atom. The summed E-state index contributed by atoms with van der Waals surface area (Å²) in [6.45, 7) is 0. The van der Waals surface area contributed by atoms with Crippen LogP contribution in [0.25, 0.3) is 0 Å². The first-order valence-electron chi connectivity index (χ1n) is 4.47. The predicted octanol–water partition coefficient (Wildman–Crippen LogP) is 2.58. The van der Waals surface area contributed by atoms with Crippen LogP contribution >= 0.6 is 0 Å². The third kappa shape index (κ3) is 1.86. The van der Waals surface area contributed by atoms with Crippen molar-refractivity contribution < 1.29 is 13.2 Å². The van der Waals surface area contributed by atoms with Gasteiger partial charge in [0.2, 0.25) is 5.95 Å². The fraction of sp³-hybridized carbons (Fsp3) is 0.100. The van der Waals surface area contributed by atoms with Crippen molar-refractivity contribution in [2.24, 2.45) is 7.05 Å². The first kappa shape index (κ1) is 10.5. The van der Waals surface area contributed by atoms with Gasteiger partial charge in [0, 0.05) is 31.6 Å². The second kappa shape index (κ2) is 3.88. The van der Waals surface area contributed by atoms with E-state index in [1.807, 2.05) is 0 Å². The maximum atomic E-state index is 13.2. The summed E-state index contributed by atoms with van der Waals surface area (Å²) in [5.74, 6) is -2.87. The van der Waals surface area contributed by atoms with Gasteiger partial charge in [-0.15, -0.1) is 0 Å². The molecule has 0 bridgehead atoms. The first-order chi connectivity index (χ1) is 7.58. The first-order valence-corrected chi connectivity index (χ1v) is 4.47. The second-order valence-corrected chi connectivity index (χ2v) is 3.23. The van der Waals surface area contributed by atoms with Gasteiger partial charge in [0.25, 0.3) is 0 Å². The van der Waals surface area contributed by atoms with E-state index in [1.165, 1.54) is 6.20 Å². The van der Waals surface area contributed by atoms with Crippen LogP contribution in [-0.2, 0) is 7.05 Å². The summed E-state index contributed by atoms with van der Waals surface area (Å²) in [5, 5.41) is 2.56. The summed E-state index contributed by atoms with van der Waals surface area (Å²) >= 11 is 0. The number of hydrogen-bond donors (Lipinski definition) is 1. The zero-order chi connectivity index (χ0) is 11.7. The van der Waals surface area contributed by atoms with Gasteiger partial charge >= 0.3 is 0 Å². The van der Waals surface area contributed by atoms with Gasteiger partial charge in [-0.25, -0.2) is 18.2 Å². The molecular formula is C10H8F3N3. The van der Waals surface area contributed by atoms with Gasteiger partial charge in [0.05, 0.1) is 5.69 Å². The van der Waals surface area contributed by atoms with Crippen molar-refractivity contribution in [3.63, 3.8) is 0 Å². The molecule has 0 unspecified atom stereocenters. The largest absolute Gasteiger partial charge is 0.323 e. The number of nitrogens with one attached hydrogen (secondary N) is 1. The number of imidazole rings is 1. The Bertz CT molecular complexity index is 522. The predicted molar refractivity (Wildman–Crippen MR) is 52.8 cm³/mol. The van der Waals surface area contributed by atoms with Crippen LogP contribution in [0, 0.1) is 17.5 Å². The zero-order valence-corrected chi connectivity index (χ0v) is 8.34. The van der Waals surface area contributed by atoms with Crippen LogP contribution in [0.2, 0.25) is 0 Å². The van der Waals surface area contributed by atoms with E-state index in [9.17, 15) is 13.2 Å². The monoisotopic (exact) mass is 227 g/mol. The van der Waals surface area contributed by atoms with Crippen LogP contribution < -0.4 is 5.32 Å². The third-order valence-corrected chi connectivity index (χ3v) is 2.08. The van der Waals surface area contributed by atoms with E-state index in [0.29, 0.717) is 12.0 Å². The highest BCUT2D eigenvalue weighted by atomic mass is 19.2. The number of hydrogen-bond acceptors (Lipinski definition) is 2. The Morgan fingerprint density at radius 1 is 1.12 bits per heavy atom. The van der Waals surface area contributed by atoms with E-state index in [-0.39, 0.29) is 5.69 Å². The fourth-order valence-electron chi connectivity index (χ4n) is 1.22. The summed E-state index contributed by atoms with van der Waals surface area (Å²) in [4.78, 5) is 3.87. The minimum Gasteiger partial charge on any atom is -0.323 e. The van der Waals surface area contributed by atoms with Crippen molar-refractivity contribution in [2.75, 3.05) is 5.32 Å². The summed E-state index contributed by atoms with van der Waals surface area (Å²) in [6.07, 6.45) is 3.14. The smallest absolute Gasteiger partial charge is 0.207 e. The number of halogens is 3. The molecule has 0 saturated carbocycles. The number of benzene rings is 1. The Morgan fingerprint density at radius 2 is 1.81 bits per heavy atom. The molecule has 0 amide bonds. The SMILES string of the molecule is Cn1ccnc1Nc1cc(F)c(F)cc1F. The molecule has 0 aliphatic heterocycles. The lowest BCUT2D eigenvalue weighted by molar-refractivity contribution is 0.496. The van der Waals surface area contributed by atoms with Crippen molar-refractivity contribution in [1.82, 2.24) is 9.55 Å². The van der Waals surface area contributed by atoms with E-state index in [1.54, 1.807) is 17.8 Å². The number of anilines is 2. The summed E-state index contributed by atoms with van der Waals surface area (Å²) in [5.41, 5.74) is -0.159. The molecule has 2 rings (SSSR count). The zero-order valence-electron chi connectivity index (χ0n) is 8.34. The van der Waals surface area contributed by atoms with Gasteiger partial charge < -0.3 is 9.88 Å². The Hall–Kier alpha value is -1.98. The van der Waals surface area contributed by atoms with E-state index in [0.717, 1.165) is 6.07 Å². The molecule has 1 N–H and O–H groups in total. The molecule has 0 fully saturated rings. The highest BCUT2D eigenvalue weighted by Gasteiger charge is 2.11. The molecular weight excluding hydrogens is 219 g/mol. The Kier molecular flexibility index (Phi) is 2.55. The van der Waals surface area contributed by atoms with Gasteiger partial charge in [-0.3, -0.25) is 0 Å². The van der Waals surface area contributed by atoms with Gasteiger partial charge in [-0.2, -0.15) is 0 Å². The van der Waals surface area contributed by atoms with E-state index < -0.39 is 17.5 Å². The molecule has 0 saturated heterocycles. The van der Waals surface area contributed by atoms with Crippen molar-refractivity contribution in [1.29, 1.82) is 0 Å².